The maximum Gasteiger partial charge on any atom is 0.321 e. The summed E-state index contributed by atoms with van der Waals surface area (Å²) in [6.07, 6.45) is 0. The van der Waals surface area contributed by atoms with Crippen molar-refractivity contribution in [1.29, 1.82) is 0 Å². The average Bonchev–Trinajstić information content (AvgIpc) is 3.22. The highest BCUT2D eigenvalue weighted by atomic mass is 35.5. The maximum atomic E-state index is 12.9. The van der Waals surface area contributed by atoms with Crippen molar-refractivity contribution in [3.63, 3.8) is 0 Å². The molecule has 0 aliphatic carbocycles. The topological polar surface area (TPSA) is 108 Å². The summed E-state index contributed by atoms with van der Waals surface area (Å²) < 4.78 is 28.4. The van der Waals surface area contributed by atoms with Crippen molar-refractivity contribution >= 4 is 50.6 Å². The lowest BCUT2D eigenvalue weighted by atomic mass is 10.1. The number of urea groups is 1. The average molecular weight is 499 g/mol. The zero-order valence-corrected chi connectivity index (χ0v) is 20.1. The van der Waals surface area contributed by atoms with Crippen LogP contribution in [-0.4, -0.2) is 33.4 Å². The number of carbonyl (C=O) groups excluding carboxylic acids is 2. The molecule has 0 saturated carbocycles. The summed E-state index contributed by atoms with van der Waals surface area (Å²) in [6.45, 7) is 4.98. The van der Waals surface area contributed by atoms with Crippen molar-refractivity contribution in [2.24, 2.45) is 0 Å². The molecular formula is C24H23ClN4O4S. The van der Waals surface area contributed by atoms with Gasteiger partial charge in [0.05, 0.1) is 15.5 Å². The summed E-state index contributed by atoms with van der Waals surface area (Å²) in [5.41, 5.74) is 3.63. The van der Waals surface area contributed by atoms with E-state index in [9.17, 15) is 18.0 Å². The molecule has 3 amide bonds. The van der Waals surface area contributed by atoms with Gasteiger partial charge in [0.1, 0.15) is 0 Å². The summed E-state index contributed by atoms with van der Waals surface area (Å²) in [6, 6.07) is 15.8. The molecule has 0 bridgehead atoms. The van der Waals surface area contributed by atoms with Gasteiger partial charge in [-0.05, 0) is 79.6 Å². The number of hydrogen-bond donors (Lipinski definition) is 3. The summed E-state index contributed by atoms with van der Waals surface area (Å²) in [7, 11) is -3.94. The second kappa shape index (κ2) is 9.36. The molecule has 0 unspecified atom stereocenters. The van der Waals surface area contributed by atoms with Crippen LogP contribution in [0.2, 0.25) is 5.02 Å². The van der Waals surface area contributed by atoms with Gasteiger partial charge in [-0.2, -0.15) is 0 Å². The number of nitrogens with zero attached hydrogens (tertiary/aromatic N) is 1. The lowest BCUT2D eigenvalue weighted by Gasteiger charge is -2.15. The molecule has 1 fully saturated rings. The highest BCUT2D eigenvalue weighted by Crippen LogP contribution is 2.25. The number of carbonyl (C=O) groups is 2. The van der Waals surface area contributed by atoms with Gasteiger partial charge in [-0.15, -0.1) is 0 Å². The minimum absolute atomic E-state index is 0.0209. The van der Waals surface area contributed by atoms with Gasteiger partial charge in [0.15, 0.2) is 0 Å². The molecule has 0 atom stereocenters. The Kier molecular flexibility index (Phi) is 6.49. The van der Waals surface area contributed by atoms with Crippen LogP contribution in [-0.2, 0) is 10.0 Å². The molecule has 3 aromatic carbocycles. The number of halogens is 1. The Labute approximate surface area is 203 Å². The van der Waals surface area contributed by atoms with E-state index < -0.39 is 15.9 Å². The van der Waals surface area contributed by atoms with Crippen molar-refractivity contribution in [2.45, 2.75) is 18.7 Å². The Hall–Kier alpha value is -3.56. The van der Waals surface area contributed by atoms with Crippen molar-refractivity contribution < 1.29 is 18.0 Å². The first-order chi connectivity index (χ1) is 16.1. The first-order valence-electron chi connectivity index (χ1n) is 10.5. The van der Waals surface area contributed by atoms with Crippen molar-refractivity contribution in [1.82, 2.24) is 5.32 Å². The second-order valence-corrected chi connectivity index (χ2v) is 10.0. The first kappa shape index (κ1) is 23.6. The molecular weight excluding hydrogens is 476 g/mol. The van der Waals surface area contributed by atoms with Crippen molar-refractivity contribution in [3.05, 3.63) is 82.4 Å². The van der Waals surface area contributed by atoms with E-state index in [2.05, 4.69) is 15.4 Å². The van der Waals surface area contributed by atoms with Gasteiger partial charge >= 0.3 is 6.03 Å². The van der Waals surface area contributed by atoms with Gasteiger partial charge in [0.2, 0.25) is 0 Å². The van der Waals surface area contributed by atoms with Gasteiger partial charge in [0.25, 0.3) is 15.9 Å². The Bertz CT molecular complexity index is 1370. The van der Waals surface area contributed by atoms with Crippen LogP contribution in [0, 0.1) is 13.8 Å². The minimum Gasteiger partial charge on any atom is -0.336 e. The zero-order chi connectivity index (χ0) is 24.5. The molecule has 1 aliphatic rings. The maximum absolute atomic E-state index is 12.9. The molecule has 4 rings (SSSR count). The fraction of sp³-hybridized carbons (Fsp3) is 0.167. The molecule has 1 heterocycles. The highest BCUT2D eigenvalue weighted by molar-refractivity contribution is 7.92. The van der Waals surface area contributed by atoms with Crippen LogP contribution in [0.1, 0.15) is 21.5 Å². The smallest absolute Gasteiger partial charge is 0.321 e. The number of sulfonamides is 1. The zero-order valence-electron chi connectivity index (χ0n) is 18.6. The standard InChI is InChI=1S/C24H23ClN4O4S/c1-15-3-4-18(13-16(15)2)28-34(32,33)20-9-10-22(25)21(14-20)23(30)27-17-5-7-19(8-6-17)29-12-11-26-24(29)31/h3-10,13-14,28H,11-12H2,1-2H3,(H,26,31)(H,27,30). The first-order valence-corrected chi connectivity index (χ1v) is 12.4. The Balaban J connectivity index is 1.52. The third-order valence-corrected chi connectivity index (χ3v) is 7.25. The number of aryl methyl sites for hydroxylation is 2. The minimum atomic E-state index is -3.94. The molecule has 1 saturated heterocycles. The Morgan fingerprint density at radius 3 is 2.32 bits per heavy atom. The molecule has 8 nitrogen and oxygen atoms in total. The van der Waals surface area contributed by atoms with Crippen molar-refractivity contribution in [2.75, 3.05) is 28.0 Å². The second-order valence-electron chi connectivity index (χ2n) is 7.93. The van der Waals surface area contributed by atoms with Crippen LogP contribution in [0.4, 0.5) is 21.9 Å². The van der Waals surface area contributed by atoms with E-state index in [0.717, 1.165) is 11.1 Å². The van der Waals surface area contributed by atoms with E-state index in [1.165, 1.54) is 18.2 Å². The molecule has 176 valence electrons. The van der Waals surface area contributed by atoms with Crippen molar-refractivity contribution in [3.8, 4) is 0 Å². The predicted molar refractivity (Wildman–Crippen MR) is 133 cm³/mol. The molecule has 3 aromatic rings. The van der Waals surface area contributed by atoms with Crippen LogP contribution >= 0.6 is 11.6 Å². The Morgan fingerprint density at radius 2 is 1.68 bits per heavy atom. The van der Waals surface area contributed by atoms with Crippen LogP contribution < -0.4 is 20.3 Å². The third-order valence-electron chi connectivity index (χ3n) is 5.55. The van der Waals surface area contributed by atoms with E-state index >= 15 is 0 Å². The molecule has 1 aliphatic heterocycles. The van der Waals surface area contributed by atoms with Gasteiger partial charge in [-0.25, -0.2) is 13.2 Å². The lowest BCUT2D eigenvalue weighted by Crippen LogP contribution is -2.27. The van der Waals surface area contributed by atoms with E-state index in [4.69, 9.17) is 11.6 Å². The number of hydrogen-bond acceptors (Lipinski definition) is 4. The molecule has 0 spiro atoms. The van der Waals surface area contributed by atoms with Crippen LogP contribution in [0.25, 0.3) is 0 Å². The SMILES string of the molecule is Cc1ccc(NS(=O)(=O)c2ccc(Cl)c(C(=O)Nc3ccc(N4CCNC4=O)cc3)c2)cc1C. The lowest BCUT2D eigenvalue weighted by molar-refractivity contribution is 0.102. The van der Waals surface area contributed by atoms with E-state index in [1.54, 1.807) is 41.3 Å². The molecule has 3 N–H and O–H groups in total. The number of rotatable bonds is 6. The van der Waals surface area contributed by atoms with Gasteiger partial charge in [0, 0.05) is 30.2 Å². The van der Waals surface area contributed by atoms with Gasteiger partial charge in [-0.1, -0.05) is 17.7 Å². The van der Waals surface area contributed by atoms with E-state index in [0.29, 0.717) is 30.2 Å². The van der Waals surface area contributed by atoms with Crippen LogP contribution in [0.3, 0.4) is 0 Å². The van der Waals surface area contributed by atoms with E-state index in [-0.39, 0.29) is 21.5 Å². The number of nitrogens with one attached hydrogen (secondary N) is 3. The monoisotopic (exact) mass is 498 g/mol. The molecule has 34 heavy (non-hydrogen) atoms. The number of anilines is 3. The molecule has 0 radical (unpaired) electrons. The van der Waals surface area contributed by atoms with Gasteiger partial charge < -0.3 is 10.6 Å². The van der Waals surface area contributed by atoms with E-state index in [1.807, 2.05) is 19.9 Å². The third kappa shape index (κ3) is 5.00. The fourth-order valence-electron chi connectivity index (χ4n) is 3.51. The Morgan fingerprint density at radius 1 is 0.971 bits per heavy atom. The fourth-order valence-corrected chi connectivity index (χ4v) is 4.78. The number of amides is 3. The summed E-state index contributed by atoms with van der Waals surface area (Å²) in [5, 5.41) is 5.56. The van der Waals surface area contributed by atoms with Gasteiger partial charge in [-0.3, -0.25) is 14.4 Å². The summed E-state index contributed by atoms with van der Waals surface area (Å²) in [4.78, 5) is 26.2. The number of benzene rings is 3. The quantitative estimate of drug-likeness (QED) is 0.463. The summed E-state index contributed by atoms with van der Waals surface area (Å²) >= 11 is 6.21. The van der Waals surface area contributed by atoms with Crippen LogP contribution in [0.5, 0.6) is 0 Å². The summed E-state index contributed by atoms with van der Waals surface area (Å²) in [5.74, 6) is -0.556. The molecule has 0 aromatic heterocycles. The molecule has 10 heteroatoms. The highest BCUT2D eigenvalue weighted by Gasteiger charge is 2.22. The largest absolute Gasteiger partial charge is 0.336 e. The predicted octanol–water partition coefficient (Wildman–Crippen LogP) is 4.54. The van der Waals surface area contributed by atoms with Crippen LogP contribution in [0.15, 0.2) is 65.6 Å². The normalized spacial score (nSPS) is 13.5.